The zero-order chi connectivity index (χ0) is 13.2. The fraction of sp³-hybridized carbons (Fsp3) is 0.833. The molecule has 0 aromatic heterocycles. The molecule has 2 N–H and O–H groups in total. The number of ether oxygens (including phenoxy) is 2. The number of carbonyl (C=O) groups is 2. The highest BCUT2D eigenvalue weighted by molar-refractivity contribution is 5.83. The van der Waals surface area contributed by atoms with Gasteiger partial charge in [0.2, 0.25) is 0 Å². The summed E-state index contributed by atoms with van der Waals surface area (Å²) in [4.78, 5) is 23.5. The molecule has 0 aromatic rings. The largest absolute Gasteiger partial charge is 0.469 e. The Morgan fingerprint density at radius 2 is 1.59 bits per heavy atom. The molecule has 1 rings (SSSR count). The zero-order valence-corrected chi connectivity index (χ0v) is 10.9. The Hall–Kier alpha value is -1.10. The highest BCUT2D eigenvalue weighted by atomic mass is 16.6. The average Bonchev–Trinajstić information content (AvgIpc) is 2.56. The maximum atomic E-state index is 12.0. The summed E-state index contributed by atoms with van der Waals surface area (Å²) in [6.45, 7) is 5.40. The van der Waals surface area contributed by atoms with Gasteiger partial charge in [-0.3, -0.25) is 9.59 Å². The van der Waals surface area contributed by atoms with Crippen LogP contribution in [0.4, 0.5) is 0 Å². The molecular weight excluding hydrogens is 222 g/mol. The van der Waals surface area contributed by atoms with E-state index in [1.807, 2.05) is 0 Å². The van der Waals surface area contributed by atoms with Crippen molar-refractivity contribution in [1.29, 1.82) is 0 Å². The lowest BCUT2D eigenvalue weighted by Gasteiger charge is -2.24. The maximum Gasteiger partial charge on any atom is 0.310 e. The van der Waals surface area contributed by atoms with Crippen molar-refractivity contribution >= 4 is 11.9 Å². The summed E-state index contributed by atoms with van der Waals surface area (Å²) >= 11 is 0. The van der Waals surface area contributed by atoms with Gasteiger partial charge in [0.05, 0.1) is 18.9 Å². The van der Waals surface area contributed by atoms with Gasteiger partial charge in [-0.1, -0.05) is 0 Å². The van der Waals surface area contributed by atoms with Gasteiger partial charge in [0.25, 0.3) is 0 Å². The van der Waals surface area contributed by atoms with Gasteiger partial charge in [0.1, 0.15) is 5.60 Å². The van der Waals surface area contributed by atoms with Gasteiger partial charge >= 0.3 is 11.9 Å². The van der Waals surface area contributed by atoms with Crippen molar-refractivity contribution in [3.63, 3.8) is 0 Å². The second-order valence-electron chi connectivity index (χ2n) is 5.50. The fourth-order valence-corrected chi connectivity index (χ4v) is 2.13. The molecule has 0 radical (unpaired) electrons. The first kappa shape index (κ1) is 14.0. The van der Waals surface area contributed by atoms with E-state index in [4.69, 9.17) is 15.2 Å². The summed E-state index contributed by atoms with van der Waals surface area (Å²) in [5.74, 6) is -1.68. The van der Waals surface area contributed by atoms with E-state index in [0.717, 1.165) is 0 Å². The van der Waals surface area contributed by atoms with Gasteiger partial charge in [0, 0.05) is 6.04 Å². The Bertz CT molecular complexity index is 308. The van der Waals surface area contributed by atoms with Crippen LogP contribution in [-0.4, -0.2) is 30.7 Å². The van der Waals surface area contributed by atoms with Gasteiger partial charge in [-0.05, 0) is 33.6 Å². The third-order valence-corrected chi connectivity index (χ3v) is 2.81. The topological polar surface area (TPSA) is 78.6 Å². The van der Waals surface area contributed by atoms with Crippen LogP contribution in [0.1, 0.15) is 33.6 Å². The number of esters is 2. The Morgan fingerprint density at radius 3 is 2.00 bits per heavy atom. The molecule has 0 aliphatic heterocycles. The molecule has 0 saturated heterocycles. The number of carbonyl (C=O) groups excluding carboxylic acids is 2. The Morgan fingerprint density at radius 1 is 1.12 bits per heavy atom. The summed E-state index contributed by atoms with van der Waals surface area (Å²) in [6.07, 6.45) is 0.964. The molecule has 17 heavy (non-hydrogen) atoms. The third-order valence-electron chi connectivity index (χ3n) is 2.81. The molecule has 0 heterocycles. The first-order valence-corrected chi connectivity index (χ1v) is 5.81. The lowest BCUT2D eigenvalue weighted by molar-refractivity contribution is -0.166. The minimum atomic E-state index is -0.551. The van der Waals surface area contributed by atoms with E-state index in [1.165, 1.54) is 7.11 Å². The molecule has 0 bridgehead atoms. The Kier molecular flexibility index (Phi) is 4.14. The average molecular weight is 243 g/mol. The smallest absolute Gasteiger partial charge is 0.310 e. The molecule has 5 heteroatoms. The minimum Gasteiger partial charge on any atom is -0.469 e. The Labute approximate surface area is 102 Å². The first-order valence-electron chi connectivity index (χ1n) is 5.81. The first-order chi connectivity index (χ1) is 7.74. The molecule has 5 nitrogen and oxygen atoms in total. The van der Waals surface area contributed by atoms with Crippen molar-refractivity contribution in [2.45, 2.75) is 45.3 Å². The molecule has 3 atom stereocenters. The lowest BCUT2D eigenvalue weighted by atomic mass is 9.96. The van der Waals surface area contributed by atoms with Crippen molar-refractivity contribution in [2.75, 3.05) is 7.11 Å². The standard InChI is InChI=1S/C12H21NO4/c1-12(2,3)17-11(15)9-6-7(13)5-8(9)10(14)16-4/h7-9H,5-6,13H2,1-4H3/t7-,8-,9-/m0/s1. The number of hydrogen-bond acceptors (Lipinski definition) is 5. The number of hydrogen-bond donors (Lipinski definition) is 1. The summed E-state index contributed by atoms with van der Waals surface area (Å²) in [5.41, 5.74) is 5.24. The van der Waals surface area contributed by atoms with Crippen LogP contribution in [0.15, 0.2) is 0 Å². The van der Waals surface area contributed by atoms with Crippen LogP contribution in [0.25, 0.3) is 0 Å². The van der Waals surface area contributed by atoms with Gasteiger partial charge < -0.3 is 15.2 Å². The van der Waals surface area contributed by atoms with Crippen molar-refractivity contribution in [3.8, 4) is 0 Å². The monoisotopic (exact) mass is 243 g/mol. The Balaban J connectivity index is 2.73. The molecule has 0 unspecified atom stereocenters. The van der Waals surface area contributed by atoms with Crippen LogP contribution >= 0.6 is 0 Å². The highest BCUT2D eigenvalue weighted by Gasteiger charge is 2.44. The number of nitrogens with two attached hydrogens (primary N) is 1. The summed E-state index contributed by atoms with van der Waals surface area (Å²) < 4.78 is 9.98. The predicted octanol–water partition coefficient (Wildman–Crippen LogP) is 0.855. The van der Waals surface area contributed by atoms with Crippen LogP contribution in [0, 0.1) is 11.8 Å². The molecule has 0 amide bonds. The van der Waals surface area contributed by atoms with Crippen LogP contribution in [0.3, 0.4) is 0 Å². The van der Waals surface area contributed by atoms with Crippen LogP contribution in [-0.2, 0) is 19.1 Å². The van der Waals surface area contributed by atoms with Crippen LogP contribution < -0.4 is 5.73 Å². The van der Waals surface area contributed by atoms with Crippen molar-refractivity contribution < 1.29 is 19.1 Å². The third kappa shape index (κ3) is 3.70. The zero-order valence-electron chi connectivity index (χ0n) is 10.9. The molecular formula is C12H21NO4. The molecule has 0 spiro atoms. The van der Waals surface area contributed by atoms with Gasteiger partial charge in [0.15, 0.2) is 0 Å². The van der Waals surface area contributed by atoms with E-state index in [9.17, 15) is 9.59 Å². The number of methoxy groups -OCH3 is 1. The quantitative estimate of drug-likeness (QED) is 0.727. The van der Waals surface area contributed by atoms with Crippen molar-refractivity contribution in [2.24, 2.45) is 17.6 Å². The van der Waals surface area contributed by atoms with E-state index in [0.29, 0.717) is 12.8 Å². The molecule has 0 aromatic carbocycles. The predicted molar refractivity (Wildman–Crippen MR) is 62.1 cm³/mol. The normalized spacial score (nSPS) is 28.9. The second kappa shape index (κ2) is 5.04. The lowest BCUT2D eigenvalue weighted by Crippen LogP contribution is -2.33. The van der Waals surface area contributed by atoms with E-state index >= 15 is 0 Å². The van der Waals surface area contributed by atoms with Crippen molar-refractivity contribution in [1.82, 2.24) is 0 Å². The molecule has 1 aliphatic carbocycles. The van der Waals surface area contributed by atoms with E-state index in [1.54, 1.807) is 20.8 Å². The van der Waals surface area contributed by atoms with Crippen LogP contribution in [0.2, 0.25) is 0 Å². The highest BCUT2D eigenvalue weighted by Crippen LogP contribution is 2.33. The van der Waals surface area contributed by atoms with E-state index in [-0.39, 0.29) is 18.0 Å². The fourth-order valence-electron chi connectivity index (χ4n) is 2.13. The van der Waals surface area contributed by atoms with Gasteiger partial charge in [-0.15, -0.1) is 0 Å². The summed E-state index contributed by atoms with van der Waals surface area (Å²) in [7, 11) is 1.32. The SMILES string of the molecule is COC(=O)[C@H]1C[C@H](N)C[C@@H]1C(=O)OC(C)(C)C. The number of rotatable bonds is 2. The van der Waals surface area contributed by atoms with Crippen LogP contribution in [0.5, 0.6) is 0 Å². The summed E-state index contributed by atoms with van der Waals surface area (Å²) in [6, 6.07) is -0.142. The maximum absolute atomic E-state index is 12.0. The minimum absolute atomic E-state index is 0.142. The summed E-state index contributed by atoms with van der Waals surface area (Å²) in [5, 5.41) is 0. The molecule has 98 valence electrons. The van der Waals surface area contributed by atoms with Gasteiger partial charge in [-0.25, -0.2) is 0 Å². The van der Waals surface area contributed by atoms with Gasteiger partial charge in [-0.2, -0.15) is 0 Å². The van der Waals surface area contributed by atoms with Crippen molar-refractivity contribution in [3.05, 3.63) is 0 Å². The molecule has 1 saturated carbocycles. The molecule has 1 aliphatic rings. The van der Waals surface area contributed by atoms with E-state index in [2.05, 4.69) is 0 Å². The van der Waals surface area contributed by atoms with E-state index < -0.39 is 17.4 Å². The second-order valence-corrected chi connectivity index (χ2v) is 5.50. The molecule has 1 fully saturated rings.